The van der Waals surface area contributed by atoms with Crippen LogP contribution in [0.4, 0.5) is 0 Å². The largest absolute Gasteiger partial charge is 0.493 e. The maximum atomic E-state index is 5.46. The van der Waals surface area contributed by atoms with Crippen molar-refractivity contribution in [3.63, 3.8) is 0 Å². The summed E-state index contributed by atoms with van der Waals surface area (Å²) in [4.78, 5) is 0. The number of nitrogens with zero attached hydrogens (tertiary/aromatic N) is 2. The number of benzene rings is 1. The van der Waals surface area contributed by atoms with E-state index in [9.17, 15) is 0 Å². The van der Waals surface area contributed by atoms with Crippen LogP contribution in [-0.2, 0) is 0 Å². The molecule has 1 atom stereocenters. The van der Waals surface area contributed by atoms with Gasteiger partial charge in [0.15, 0.2) is 5.75 Å². The molecular formula is C15H21N3O. The predicted octanol–water partition coefficient (Wildman–Crippen LogP) is 2.78. The van der Waals surface area contributed by atoms with Crippen LogP contribution in [0.1, 0.15) is 37.2 Å². The highest BCUT2D eigenvalue weighted by Gasteiger charge is 2.23. The maximum absolute atomic E-state index is 5.46. The van der Waals surface area contributed by atoms with Crippen LogP contribution < -0.4 is 10.1 Å². The van der Waals surface area contributed by atoms with Gasteiger partial charge in [0.05, 0.1) is 19.3 Å². The Bertz CT molecular complexity index is 519. The zero-order valence-electron chi connectivity index (χ0n) is 11.9. The molecule has 4 nitrogen and oxygen atoms in total. The summed E-state index contributed by atoms with van der Waals surface area (Å²) < 4.78 is 7.46. The molecule has 19 heavy (non-hydrogen) atoms. The third kappa shape index (κ3) is 2.63. The Hall–Kier alpha value is -1.81. The first kappa shape index (κ1) is 13.6. The zero-order chi connectivity index (χ0) is 13.8. The van der Waals surface area contributed by atoms with Crippen molar-refractivity contribution in [3.05, 3.63) is 47.8 Å². The molecule has 0 fully saturated rings. The topological polar surface area (TPSA) is 39.1 Å². The van der Waals surface area contributed by atoms with Crippen molar-refractivity contribution in [2.75, 3.05) is 14.2 Å². The first-order chi connectivity index (χ1) is 9.19. The lowest BCUT2D eigenvalue weighted by atomic mass is 10.0. The molecule has 0 radical (unpaired) electrons. The molecule has 2 rings (SSSR count). The molecule has 0 saturated heterocycles. The lowest BCUT2D eigenvalue weighted by Crippen LogP contribution is -2.23. The Balaban J connectivity index is 2.51. The fraction of sp³-hybridized carbons (Fsp3) is 0.400. The summed E-state index contributed by atoms with van der Waals surface area (Å²) in [5.41, 5.74) is 2.26. The second-order valence-electron chi connectivity index (χ2n) is 4.77. The van der Waals surface area contributed by atoms with Crippen molar-refractivity contribution in [2.24, 2.45) is 0 Å². The summed E-state index contributed by atoms with van der Waals surface area (Å²) in [6.45, 7) is 4.24. The molecule has 0 amide bonds. The SMILES string of the molecule is CNC(c1ccccc1)c1c(OC)cnn1C(C)C. The minimum Gasteiger partial charge on any atom is -0.493 e. The monoisotopic (exact) mass is 259 g/mol. The normalized spacial score (nSPS) is 12.7. The highest BCUT2D eigenvalue weighted by molar-refractivity contribution is 5.36. The van der Waals surface area contributed by atoms with Gasteiger partial charge in [-0.1, -0.05) is 30.3 Å². The van der Waals surface area contributed by atoms with Gasteiger partial charge in [-0.3, -0.25) is 4.68 Å². The van der Waals surface area contributed by atoms with Crippen LogP contribution in [0.25, 0.3) is 0 Å². The standard InChI is InChI=1S/C15H21N3O/c1-11(2)18-15(13(19-4)10-17-18)14(16-3)12-8-6-5-7-9-12/h5-11,14,16H,1-4H3. The summed E-state index contributed by atoms with van der Waals surface area (Å²) in [5.74, 6) is 0.817. The number of rotatable bonds is 5. The van der Waals surface area contributed by atoms with Gasteiger partial charge in [0.1, 0.15) is 5.69 Å². The van der Waals surface area contributed by atoms with Crippen molar-refractivity contribution in [1.82, 2.24) is 15.1 Å². The molecule has 2 aromatic rings. The van der Waals surface area contributed by atoms with Crippen molar-refractivity contribution in [3.8, 4) is 5.75 Å². The Labute approximate surface area is 114 Å². The third-order valence-electron chi connectivity index (χ3n) is 3.20. The number of methoxy groups -OCH3 is 1. The summed E-state index contributed by atoms with van der Waals surface area (Å²) in [5, 5.41) is 7.78. The molecular weight excluding hydrogens is 238 g/mol. The van der Waals surface area contributed by atoms with E-state index in [0.29, 0.717) is 6.04 Å². The third-order valence-corrected chi connectivity index (χ3v) is 3.20. The molecule has 1 N–H and O–H groups in total. The molecule has 0 aliphatic carbocycles. The zero-order valence-corrected chi connectivity index (χ0v) is 11.9. The van der Waals surface area contributed by atoms with Gasteiger partial charge in [0.25, 0.3) is 0 Å². The van der Waals surface area contributed by atoms with Gasteiger partial charge in [-0.05, 0) is 26.5 Å². The second kappa shape index (κ2) is 5.89. The molecule has 1 aromatic heterocycles. The van der Waals surface area contributed by atoms with E-state index >= 15 is 0 Å². The van der Waals surface area contributed by atoms with Crippen molar-refractivity contribution in [2.45, 2.75) is 25.9 Å². The van der Waals surface area contributed by atoms with Crippen LogP contribution in [0.2, 0.25) is 0 Å². The minimum atomic E-state index is 0.0704. The predicted molar refractivity (Wildman–Crippen MR) is 76.5 cm³/mol. The van der Waals surface area contributed by atoms with E-state index in [2.05, 4.69) is 36.4 Å². The lowest BCUT2D eigenvalue weighted by molar-refractivity contribution is 0.396. The second-order valence-corrected chi connectivity index (χ2v) is 4.77. The molecule has 0 saturated carbocycles. The number of hydrogen-bond acceptors (Lipinski definition) is 3. The van der Waals surface area contributed by atoms with Crippen molar-refractivity contribution < 1.29 is 4.74 Å². The first-order valence-electron chi connectivity index (χ1n) is 6.52. The Kier molecular flexibility index (Phi) is 4.22. The van der Waals surface area contributed by atoms with Crippen LogP contribution in [-0.4, -0.2) is 23.9 Å². The molecule has 1 unspecified atom stereocenters. The summed E-state index contributed by atoms with van der Waals surface area (Å²) in [7, 11) is 3.64. The minimum absolute atomic E-state index is 0.0704. The highest BCUT2D eigenvalue weighted by Crippen LogP contribution is 2.31. The van der Waals surface area contributed by atoms with E-state index in [1.807, 2.05) is 29.9 Å². The highest BCUT2D eigenvalue weighted by atomic mass is 16.5. The Morgan fingerprint density at radius 3 is 2.42 bits per heavy atom. The smallest absolute Gasteiger partial charge is 0.161 e. The van der Waals surface area contributed by atoms with Gasteiger partial charge < -0.3 is 10.1 Å². The molecule has 0 bridgehead atoms. The first-order valence-corrected chi connectivity index (χ1v) is 6.52. The fourth-order valence-electron chi connectivity index (χ4n) is 2.31. The molecule has 0 aliphatic heterocycles. The average molecular weight is 259 g/mol. The average Bonchev–Trinajstić information content (AvgIpc) is 2.85. The Morgan fingerprint density at radius 1 is 1.21 bits per heavy atom. The van der Waals surface area contributed by atoms with E-state index in [1.165, 1.54) is 5.56 Å². The van der Waals surface area contributed by atoms with Crippen molar-refractivity contribution >= 4 is 0 Å². The van der Waals surface area contributed by atoms with Crippen molar-refractivity contribution in [1.29, 1.82) is 0 Å². The Morgan fingerprint density at radius 2 is 1.89 bits per heavy atom. The number of nitrogens with one attached hydrogen (secondary N) is 1. The van der Waals surface area contributed by atoms with E-state index in [-0.39, 0.29) is 6.04 Å². The van der Waals surface area contributed by atoms with E-state index in [0.717, 1.165) is 11.4 Å². The van der Waals surface area contributed by atoms with Gasteiger partial charge in [0, 0.05) is 6.04 Å². The number of ether oxygens (including phenoxy) is 1. The molecule has 102 valence electrons. The quantitative estimate of drug-likeness (QED) is 0.897. The van der Waals surface area contributed by atoms with Gasteiger partial charge in [0.2, 0.25) is 0 Å². The molecule has 0 aliphatic rings. The molecule has 0 spiro atoms. The fourth-order valence-corrected chi connectivity index (χ4v) is 2.31. The molecule has 1 heterocycles. The van der Waals surface area contributed by atoms with E-state index < -0.39 is 0 Å². The van der Waals surface area contributed by atoms with Crippen LogP contribution in [0.3, 0.4) is 0 Å². The van der Waals surface area contributed by atoms with Crippen LogP contribution in [0, 0.1) is 0 Å². The molecule has 1 aromatic carbocycles. The number of hydrogen-bond donors (Lipinski definition) is 1. The van der Waals surface area contributed by atoms with Crippen LogP contribution in [0.5, 0.6) is 5.75 Å². The summed E-state index contributed by atoms with van der Waals surface area (Å²) >= 11 is 0. The van der Waals surface area contributed by atoms with Gasteiger partial charge in [-0.25, -0.2) is 0 Å². The van der Waals surface area contributed by atoms with Crippen LogP contribution in [0.15, 0.2) is 36.5 Å². The molecule has 4 heteroatoms. The van der Waals surface area contributed by atoms with E-state index in [4.69, 9.17) is 4.74 Å². The summed E-state index contributed by atoms with van der Waals surface area (Å²) in [6.07, 6.45) is 1.78. The van der Waals surface area contributed by atoms with Gasteiger partial charge in [-0.15, -0.1) is 0 Å². The van der Waals surface area contributed by atoms with Gasteiger partial charge >= 0.3 is 0 Å². The summed E-state index contributed by atoms with van der Waals surface area (Å²) in [6, 6.07) is 10.7. The van der Waals surface area contributed by atoms with E-state index in [1.54, 1.807) is 13.3 Å². The number of aromatic nitrogens is 2. The lowest BCUT2D eigenvalue weighted by Gasteiger charge is -2.21. The maximum Gasteiger partial charge on any atom is 0.161 e. The van der Waals surface area contributed by atoms with Gasteiger partial charge in [-0.2, -0.15) is 5.10 Å². The van der Waals surface area contributed by atoms with Crippen LogP contribution >= 0.6 is 0 Å².